The van der Waals surface area contributed by atoms with Crippen molar-refractivity contribution in [3.8, 4) is 11.5 Å². The Labute approximate surface area is 153 Å². The van der Waals surface area contributed by atoms with E-state index in [-0.39, 0.29) is 5.52 Å². The largest absolute Gasteiger partial charge is 0.456 e. The third kappa shape index (κ3) is 2.36. The lowest BCUT2D eigenvalue weighted by molar-refractivity contribution is 0.268. The maximum absolute atomic E-state index is 14.0. The summed E-state index contributed by atoms with van der Waals surface area (Å²) in [5.41, 5.74) is 0.0483. The zero-order valence-electron chi connectivity index (χ0n) is 13.9. The molecule has 0 unspecified atom stereocenters. The highest BCUT2D eigenvalue weighted by molar-refractivity contribution is 7.75. The van der Waals surface area contributed by atoms with Crippen LogP contribution in [-0.2, 0) is 4.57 Å². The SMILES string of the molecule is O=c1c2ncccc2ncn1OP1(=O)c2ccccc2Oc2ccccc21. The van der Waals surface area contributed by atoms with Crippen LogP contribution < -0.4 is 25.5 Å². The Balaban J connectivity index is 1.73. The number of hydrogen-bond donors (Lipinski definition) is 0. The molecule has 1 aliphatic rings. The molecule has 0 atom stereocenters. The lowest BCUT2D eigenvalue weighted by Crippen LogP contribution is -2.35. The van der Waals surface area contributed by atoms with E-state index in [1.165, 1.54) is 12.5 Å². The number of rotatable bonds is 2. The van der Waals surface area contributed by atoms with Gasteiger partial charge in [-0.25, -0.2) is 9.97 Å². The number of pyridine rings is 1. The normalized spacial score (nSPS) is 14.1. The first-order valence-corrected chi connectivity index (χ1v) is 9.79. The van der Waals surface area contributed by atoms with Crippen molar-refractivity contribution in [2.75, 3.05) is 0 Å². The van der Waals surface area contributed by atoms with Crippen LogP contribution in [0.25, 0.3) is 11.0 Å². The number of benzene rings is 2. The number of aromatic nitrogens is 3. The van der Waals surface area contributed by atoms with Crippen molar-refractivity contribution < 1.29 is 13.9 Å². The predicted molar refractivity (Wildman–Crippen MR) is 100 cm³/mol. The van der Waals surface area contributed by atoms with Gasteiger partial charge in [0.25, 0.3) is 0 Å². The maximum atomic E-state index is 14.0. The average molecular weight is 377 g/mol. The summed E-state index contributed by atoms with van der Waals surface area (Å²) in [5.74, 6) is 0.860. The first kappa shape index (κ1) is 15.8. The lowest BCUT2D eigenvalue weighted by atomic mass is 10.3. The fourth-order valence-electron chi connectivity index (χ4n) is 3.03. The predicted octanol–water partition coefficient (Wildman–Crippen LogP) is 2.25. The van der Waals surface area contributed by atoms with Gasteiger partial charge in [0.1, 0.15) is 17.8 Å². The maximum Gasteiger partial charge on any atom is 0.335 e. The Morgan fingerprint density at radius 1 is 0.889 bits per heavy atom. The van der Waals surface area contributed by atoms with Gasteiger partial charge in [0, 0.05) is 6.20 Å². The van der Waals surface area contributed by atoms with Gasteiger partial charge in [-0.2, -0.15) is 0 Å². The summed E-state index contributed by atoms with van der Waals surface area (Å²) in [6.07, 6.45) is 2.71. The minimum absolute atomic E-state index is 0.140. The van der Waals surface area contributed by atoms with Crippen LogP contribution in [0.5, 0.6) is 11.5 Å². The van der Waals surface area contributed by atoms with E-state index < -0.39 is 12.9 Å². The van der Waals surface area contributed by atoms with Gasteiger partial charge in [-0.05, 0) is 36.4 Å². The van der Waals surface area contributed by atoms with Crippen LogP contribution in [0.15, 0.2) is 78.0 Å². The molecule has 0 saturated carbocycles. The lowest BCUT2D eigenvalue weighted by Gasteiger charge is -2.27. The van der Waals surface area contributed by atoms with Crippen molar-refractivity contribution in [2.24, 2.45) is 0 Å². The van der Waals surface area contributed by atoms with Crippen molar-refractivity contribution in [3.63, 3.8) is 0 Å². The summed E-state index contributed by atoms with van der Waals surface area (Å²) >= 11 is 0. The van der Waals surface area contributed by atoms with Crippen molar-refractivity contribution in [1.82, 2.24) is 14.7 Å². The van der Waals surface area contributed by atoms with E-state index >= 15 is 0 Å². The van der Waals surface area contributed by atoms with Crippen LogP contribution in [0, 0.1) is 0 Å². The summed E-state index contributed by atoms with van der Waals surface area (Å²) in [4.78, 5) is 21.0. The van der Waals surface area contributed by atoms with E-state index in [4.69, 9.17) is 9.36 Å². The van der Waals surface area contributed by atoms with Crippen LogP contribution in [0.4, 0.5) is 0 Å². The number of para-hydroxylation sites is 2. The van der Waals surface area contributed by atoms with E-state index in [9.17, 15) is 9.36 Å². The quantitative estimate of drug-likeness (QED) is 0.499. The van der Waals surface area contributed by atoms with Gasteiger partial charge in [0.05, 0.1) is 16.1 Å². The van der Waals surface area contributed by atoms with Crippen molar-refractivity contribution >= 4 is 29.0 Å². The fraction of sp³-hybridized carbons (Fsp3) is 0. The first-order valence-electron chi connectivity index (χ1n) is 8.16. The summed E-state index contributed by atoms with van der Waals surface area (Å²) in [6, 6.07) is 17.2. The molecular weight excluding hydrogens is 365 g/mol. The molecule has 4 aromatic rings. The molecule has 0 saturated heterocycles. The zero-order valence-corrected chi connectivity index (χ0v) is 14.7. The summed E-state index contributed by atoms with van der Waals surface area (Å²) in [5, 5.41) is 0.772. The monoisotopic (exact) mass is 377 g/mol. The van der Waals surface area contributed by atoms with Gasteiger partial charge < -0.3 is 9.36 Å². The van der Waals surface area contributed by atoms with E-state index in [1.807, 2.05) is 0 Å². The molecule has 2 aromatic heterocycles. The minimum atomic E-state index is -3.65. The average Bonchev–Trinajstić information content (AvgIpc) is 2.71. The molecule has 0 fully saturated rings. The second kappa shape index (κ2) is 5.79. The van der Waals surface area contributed by atoms with E-state index in [0.717, 1.165) is 4.73 Å². The summed E-state index contributed by atoms with van der Waals surface area (Å²) in [6.45, 7) is 0. The molecule has 0 N–H and O–H groups in total. The van der Waals surface area contributed by atoms with E-state index in [2.05, 4.69) is 9.97 Å². The van der Waals surface area contributed by atoms with Crippen molar-refractivity contribution in [2.45, 2.75) is 0 Å². The molecule has 0 spiro atoms. The Morgan fingerprint density at radius 2 is 1.56 bits per heavy atom. The van der Waals surface area contributed by atoms with Gasteiger partial charge in [0.2, 0.25) is 0 Å². The molecule has 3 heterocycles. The molecule has 132 valence electrons. The topological polar surface area (TPSA) is 83.3 Å². The van der Waals surface area contributed by atoms with Crippen molar-refractivity contribution in [3.05, 3.63) is 83.5 Å². The molecule has 8 heteroatoms. The number of fused-ring (bicyclic) bond motifs is 3. The summed E-state index contributed by atoms with van der Waals surface area (Å²) < 4.78 is 26.6. The number of hydrogen-bond acceptors (Lipinski definition) is 6. The second-order valence-corrected chi connectivity index (χ2v) is 8.15. The van der Waals surface area contributed by atoms with Gasteiger partial charge in [-0.15, -0.1) is 4.73 Å². The molecule has 0 radical (unpaired) electrons. The molecule has 0 aliphatic carbocycles. The first-order chi connectivity index (χ1) is 13.2. The minimum Gasteiger partial charge on any atom is -0.456 e. The molecule has 7 nitrogen and oxygen atoms in total. The molecule has 5 rings (SSSR count). The molecular formula is C19H12N3O4P. The van der Waals surface area contributed by atoms with E-state index in [1.54, 1.807) is 60.7 Å². The smallest absolute Gasteiger partial charge is 0.335 e. The molecule has 0 amide bonds. The Bertz CT molecular complexity index is 1250. The number of ether oxygens (including phenoxy) is 1. The van der Waals surface area contributed by atoms with Crippen LogP contribution >= 0.6 is 7.37 Å². The van der Waals surface area contributed by atoms with Crippen LogP contribution in [-0.4, -0.2) is 14.7 Å². The molecule has 0 bridgehead atoms. The highest BCUT2D eigenvalue weighted by atomic mass is 31.2. The highest BCUT2D eigenvalue weighted by Crippen LogP contribution is 2.50. The fourth-order valence-corrected chi connectivity index (χ4v) is 5.21. The van der Waals surface area contributed by atoms with Gasteiger partial charge in [0.15, 0.2) is 5.52 Å². The number of nitrogens with zero attached hydrogens (tertiary/aromatic N) is 3. The van der Waals surface area contributed by atoms with Gasteiger partial charge in [-0.1, -0.05) is 24.3 Å². The van der Waals surface area contributed by atoms with E-state index in [0.29, 0.717) is 27.6 Å². The standard InChI is InChI=1S/C19H12N3O4P/c23-19-18-13(6-5-11-20-18)21-12-22(19)26-27(24)16-9-3-1-7-14(16)25-15-8-2-4-10-17(15)27/h1-12H. The third-order valence-corrected chi connectivity index (χ3v) is 6.69. The molecule has 27 heavy (non-hydrogen) atoms. The van der Waals surface area contributed by atoms with Gasteiger partial charge >= 0.3 is 12.9 Å². The third-order valence-electron chi connectivity index (χ3n) is 4.28. The molecule has 1 aliphatic heterocycles. The zero-order chi connectivity index (χ0) is 18.4. The second-order valence-electron chi connectivity index (χ2n) is 5.92. The van der Waals surface area contributed by atoms with Crippen LogP contribution in [0.2, 0.25) is 0 Å². The highest BCUT2D eigenvalue weighted by Gasteiger charge is 2.40. The summed E-state index contributed by atoms with van der Waals surface area (Å²) in [7, 11) is -3.65. The molecule has 2 aromatic carbocycles. The van der Waals surface area contributed by atoms with Crippen LogP contribution in [0.1, 0.15) is 0 Å². The Hall–Kier alpha value is -3.44. The van der Waals surface area contributed by atoms with Crippen LogP contribution in [0.3, 0.4) is 0 Å². The Morgan fingerprint density at radius 3 is 2.26 bits per heavy atom. The van der Waals surface area contributed by atoms with Crippen molar-refractivity contribution in [1.29, 1.82) is 0 Å². The Kier molecular flexibility index (Phi) is 3.39. The van der Waals surface area contributed by atoms with Gasteiger partial charge in [-0.3, -0.25) is 9.36 Å².